The van der Waals surface area contributed by atoms with Gasteiger partial charge in [-0.05, 0) is 49.8 Å². The molecule has 26 heavy (non-hydrogen) atoms. The molecule has 2 N–H and O–H groups in total. The highest BCUT2D eigenvalue weighted by molar-refractivity contribution is 7.78. The lowest BCUT2D eigenvalue weighted by Crippen LogP contribution is -2.25. The Labute approximate surface area is 156 Å². The van der Waals surface area contributed by atoms with Crippen LogP contribution in [0.3, 0.4) is 0 Å². The number of carboxylic acids is 1. The summed E-state index contributed by atoms with van der Waals surface area (Å²) in [7, 11) is 0. The Kier molecular flexibility index (Phi) is 5.52. The SMILES string of the molecule is C\C=C/C(=C\C=C\F)c1oc2c(c1C(=O)O)=CCC(C1CC1)=C(NS)C=2. The highest BCUT2D eigenvalue weighted by Crippen LogP contribution is 2.40. The van der Waals surface area contributed by atoms with Gasteiger partial charge in [-0.15, -0.1) is 0 Å². The lowest BCUT2D eigenvalue weighted by Gasteiger charge is -2.07. The van der Waals surface area contributed by atoms with Crippen LogP contribution >= 0.6 is 12.8 Å². The van der Waals surface area contributed by atoms with Crippen molar-refractivity contribution >= 4 is 36.5 Å². The van der Waals surface area contributed by atoms with E-state index in [4.69, 9.17) is 4.42 Å². The summed E-state index contributed by atoms with van der Waals surface area (Å²) in [6.45, 7) is 1.80. The molecule has 4 nitrogen and oxygen atoms in total. The maximum absolute atomic E-state index is 12.4. The molecule has 2 aliphatic rings. The summed E-state index contributed by atoms with van der Waals surface area (Å²) >= 11 is 4.19. The van der Waals surface area contributed by atoms with Crippen LogP contribution in [0.4, 0.5) is 4.39 Å². The molecule has 1 saturated carbocycles. The molecule has 0 spiro atoms. The molecule has 1 heterocycles. The molecule has 0 bridgehead atoms. The number of thiol groups is 1. The molecule has 136 valence electrons. The number of fused-ring (bicyclic) bond motifs is 1. The molecule has 1 aromatic heterocycles. The van der Waals surface area contributed by atoms with Crippen LogP contribution in [0.15, 0.2) is 46.3 Å². The molecule has 0 atom stereocenters. The van der Waals surface area contributed by atoms with Crippen molar-refractivity contribution in [1.29, 1.82) is 0 Å². The van der Waals surface area contributed by atoms with Crippen LogP contribution in [0.5, 0.6) is 0 Å². The predicted octanol–water partition coefficient (Wildman–Crippen LogP) is 3.48. The van der Waals surface area contributed by atoms with Gasteiger partial charge in [-0.2, -0.15) is 0 Å². The van der Waals surface area contributed by atoms with Gasteiger partial charge < -0.3 is 14.2 Å². The van der Waals surface area contributed by atoms with Crippen molar-refractivity contribution in [1.82, 2.24) is 4.72 Å². The number of furan rings is 1. The highest BCUT2D eigenvalue weighted by atomic mass is 32.1. The van der Waals surface area contributed by atoms with E-state index in [0.717, 1.165) is 18.5 Å². The molecule has 0 saturated heterocycles. The molecule has 6 heteroatoms. The number of aromatic carboxylic acids is 1. The standard InChI is InChI=1S/C20H20FNO3S/c1-2-4-13(5-3-10-21)19-18(20(23)24)15-9-8-14(12-6-7-12)16(22-26)11-17(15)25-19/h2-5,9-12,22,26H,6-8H2,1H3,(H,23,24)/b4-2-,10-3+,13-5+. The zero-order valence-electron chi connectivity index (χ0n) is 14.3. The van der Waals surface area contributed by atoms with Crippen LogP contribution in [-0.4, -0.2) is 11.1 Å². The van der Waals surface area contributed by atoms with E-state index in [1.807, 2.05) is 6.08 Å². The van der Waals surface area contributed by atoms with Crippen LogP contribution in [0.25, 0.3) is 17.7 Å². The second-order valence-corrected chi connectivity index (χ2v) is 6.43. The number of halogens is 1. The van der Waals surface area contributed by atoms with Gasteiger partial charge in [0, 0.05) is 22.6 Å². The van der Waals surface area contributed by atoms with Crippen molar-refractivity contribution in [2.75, 3.05) is 0 Å². The Morgan fingerprint density at radius 2 is 2.23 bits per heavy atom. The van der Waals surface area contributed by atoms with Gasteiger partial charge in [0.1, 0.15) is 16.7 Å². The minimum atomic E-state index is -1.08. The number of carboxylic acid groups (broad SMARTS) is 1. The van der Waals surface area contributed by atoms with Gasteiger partial charge in [-0.25, -0.2) is 9.18 Å². The molecule has 0 unspecified atom stereocenters. The molecule has 1 aromatic rings. The second-order valence-electron chi connectivity index (χ2n) is 6.21. The number of carbonyl (C=O) groups is 1. The van der Waals surface area contributed by atoms with Crippen LogP contribution in [-0.2, 0) is 0 Å². The summed E-state index contributed by atoms with van der Waals surface area (Å²) in [5, 5.41) is 10.3. The average molecular weight is 373 g/mol. The van der Waals surface area contributed by atoms with Gasteiger partial charge >= 0.3 is 5.97 Å². The van der Waals surface area contributed by atoms with Crippen LogP contribution in [0, 0.1) is 5.92 Å². The third-order valence-electron chi connectivity index (χ3n) is 4.48. The zero-order chi connectivity index (χ0) is 18.7. The van der Waals surface area contributed by atoms with Crippen molar-refractivity contribution in [2.45, 2.75) is 26.2 Å². The topological polar surface area (TPSA) is 62.5 Å². The minimum Gasteiger partial charge on any atom is -0.478 e. The van der Waals surface area contributed by atoms with Gasteiger partial charge in [-0.1, -0.05) is 31.0 Å². The molecule has 0 amide bonds. The molecule has 2 aliphatic carbocycles. The zero-order valence-corrected chi connectivity index (χ0v) is 15.2. The first kappa shape index (κ1) is 18.3. The second kappa shape index (κ2) is 7.83. The van der Waals surface area contributed by atoms with Crippen LogP contribution < -0.4 is 15.4 Å². The monoisotopic (exact) mass is 373 g/mol. The number of hydrogen-bond acceptors (Lipinski definition) is 4. The van der Waals surface area contributed by atoms with Crippen molar-refractivity contribution in [3.8, 4) is 0 Å². The Hall–Kier alpha value is -2.47. The lowest BCUT2D eigenvalue weighted by molar-refractivity contribution is 0.0694. The number of nitrogens with one attached hydrogen (secondary N) is 1. The van der Waals surface area contributed by atoms with Gasteiger partial charge in [0.15, 0.2) is 0 Å². The third kappa shape index (κ3) is 3.55. The van der Waals surface area contributed by atoms with E-state index < -0.39 is 5.97 Å². The quantitative estimate of drug-likeness (QED) is 0.528. The molecule has 0 aromatic carbocycles. The highest BCUT2D eigenvalue weighted by Gasteiger charge is 2.29. The molecular formula is C20H20FNO3S. The summed E-state index contributed by atoms with van der Waals surface area (Å²) < 4.78 is 21.3. The normalized spacial score (nSPS) is 17.9. The largest absolute Gasteiger partial charge is 0.478 e. The van der Waals surface area contributed by atoms with Crippen molar-refractivity contribution in [2.24, 2.45) is 5.92 Å². The van der Waals surface area contributed by atoms with Gasteiger partial charge in [0.05, 0.1) is 6.33 Å². The lowest BCUT2D eigenvalue weighted by atomic mass is 10.0. The summed E-state index contributed by atoms with van der Waals surface area (Å²) in [6.07, 6.45) is 13.1. The summed E-state index contributed by atoms with van der Waals surface area (Å²) in [4.78, 5) is 11.9. The Bertz CT molecular complexity index is 962. The molecule has 1 fully saturated rings. The smallest absolute Gasteiger partial charge is 0.340 e. The first-order chi connectivity index (χ1) is 12.6. The van der Waals surface area contributed by atoms with E-state index in [2.05, 4.69) is 17.5 Å². The van der Waals surface area contributed by atoms with E-state index >= 15 is 0 Å². The average Bonchev–Trinajstić information content (AvgIpc) is 3.41. The van der Waals surface area contributed by atoms with Gasteiger partial charge in [-0.3, -0.25) is 0 Å². The van der Waals surface area contributed by atoms with Crippen molar-refractivity contribution in [3.63, 3.8) is 0 Å². The third-order valence-corrected chi connectivity index (χ3v) is 4.72. The Morgan fingerprint density at radius 1 is 1.46 bits per heavy atom. The Morgan fingerprint density at radius 3 is 2.81 bits per heavy atom. The van der Waals surface area contributed by atoms with E-state index in [0.29, 0.717) is 34.9 Å². The molecule has 3 rings (SSSR count). The summed E-state index contributed by atoms with van der Waals surface area (Å²) in [6, 6.07) is 0. The first-order valence-electron chi connectivity index (χ1n) is 8.42. The molecular weight excluding hydrogens is 353 g/mol. The van der Waals surface area contributed by atoms with E-state index in [1.165, 1.54) is 17.7 Å². The maximum Gasteiger partial charge on any atom is 0.340 e. The summed E-state index contributed by atoms with van der Waals surface area (Å²) in [5.41, 5.74) is 3.10. The maximum atomic E-state index is 12.4. The predicted molar refractivity (Wildman–Crippen MR) is 103 cm³/mol. The fourth-order valence-corrected chi connectivity index (χ4v) is 3.39. The molecule has 0 aliphatic heterocycles. The van der Waals surface area contributed by atoms with Gasteiger partial charge in [0.2, 0.25) is 0 Å². The van der Waals surface area contributed by atoms with Crippen LogP contribution in [0.2, 0.25) is 0 Å². The minimum absolute atomic E-state index is 0.0865. The van der Waals surface area contributed by atoms with Crippen molar-refractivity contribution < 1.29 is 18.7 Å². The fourth-order valence-electron chi connectivity index (χ4n) is 3.18. The molecule has 0 radical (unpaired) electrons. The van der Waals surface area contributed by atoms with E-state index in [-0.39, 0.29) is 11.3 Å². The fraction of sp³-hybridized carbons (Fsp3) is 0.250. The first-order valence-corrected chi connectivity index (χ1v) is 8.86. The number of allylic oxidation sites excluding steroid dienone is 7. The number of rotatable bonds is 6. The van der Waals surface area contributed by atoms with Crippen molar-refractivity contribution in [3.05, 3.63) is 63.9 Å². The van der Waals surface area contributed by atoms with E-state index in [1.54, 1.807) is 25.2 Å². The van der Waals surface area contributed by atoms with Crippen LogP contribution in [0.1, 0.15) is 42.3 Å². The van der Waals surface area contributed by atoms with Gasteiger partial charge in [0.25, 0.3) is 0 Å². The number of hydrogen-bond donors (Lipinski definition) is 3. The Balaban J connectivity index is 2.25. The summed E-state index contributed by atoms with van der Waals surface area (Å²) in [5.74, 6) is -0.355. The van der Waals surface area contributed by atoms with E-state index in [9.17, 15) is 14.3 Å².